The summed E-state index contributed by atoms with van der Waals surface area (Å²) in [5, 5.41) is 0. The highest BCUT2D eigenvalue weighted by Gasteiger charge is 2.35. The molecule has 0 unspecified atom stereocenters. The van der Waals surface area contributed by atoms with Crippen LogP contribution in [0.5, 0.6) is 0 Å². The van der Waals surface area contributed by atoms with E-state index in [1.54, 1.807) is 0 Å². The fourth-order valence-corrected chi connectivity index (χ4v) is 3.62. The molecule has 1 saturated carbocycles. The summed E-state index contributed by atoms with van der Waals surface area (Å²) in [6.07, 6.45) is 4.76. The fraction of sp³-hybridized carbons (Fsp3) is 0.583. The molecule has 3 nitrogen and oxygen atoms in total. The van der Waals surface area contributed by atoms with Gasteiger partial charge in [-0.1, -0.05) is 12.8 Å². The predicted octanol–water partition coefficient (Wildman–Crippen LogP) is 2.31. The molecular formula is C12H17NO2S. The number of hydrogen-bond acceptors (Lipinski definition) is 4. The van der Waals surface area contributed by atoms with E-state index >= 15 is 0 Å². The first-order valence-corrected chi connectivity index (χ1v) is 6.42. The SMILES string of the molecule is COC(=O)c1ccc(C2(CN)CCCC2)s1. The largest absolute Gasteiger partial charge is 0.465 e. The number of carbonyl (C=O) groups is 1. The Morgan fingerprint density at radius 3 is 2.75 bits per heavy atom. The predicted molar refractivity (Wildman–Crippen MR) is 64.9 cm³/mol. The van der Waals surface area contributed by atoms with Crippen molar-refractivity contribution in [3.63, 3.8) is 0 Å². The molecule has 1 heterocycles. The van der Waals surface area contributed by atoms with E-state index in [9.17, 15) is 4.79 Å². The van der Waals surface area contributed by atoms with Crippen molar-refractivity contribution in [2.45, 2.75) is 31.1 Å². The maximum atomic E-state index is 11.4. The molecule has 1 aliphatic rings. The average molecular weight is 239 g/mol. The van der Waals surface area contributed by atoms with Gasteiger partial charge in [0.15, 0.2) is 0 Å². The van der Waals surface area contributed by atoms with Crippen LogP contribution in [0.2, 0.25) is 0 Å². The van der Waals surface area contributed by atoms with Crippen LogP contribution in [0.4, 0.5) is 0 Å². The van der Waals surface area contributed by atoms with Crippen molar-refractivity contribution in [2.24, 2.45) is 5.73 Å². The number of esters is 1. The van der Waals surface area contributed by atoms with Crippen LogP contribution < -0.4 is 5.73 Å². The van der Waals surface area contributed by atoms with E-state index in [-0.39, 0.29) is 11.4 Å². The maximum Gasteiger partial charge on any atom is 0.348 e. The van der Waals surface area contributed by atoms with Gasteiger partial charge >= 0.3 is 5.97 Å². The van der Waals surface area contributed by atoms with Crippen LogP contribution in [0.15, 0.2) is 12.1 Å². The quantitative estimate of drug-likeness (QED) is 0.823. The fourth-order valence-electron chi connectivity index (χ4n) is 2.44. The lowest BCUT2D eigenvalue weighted by molar-refractivity contribution is 0.0606. The van der Waals surface area contributed by atoms with E-state index < -0.39 is 0 Å². The summed E-state index contributed by atoms with van der Waals surface area (Å²) in [6, 6.07) is 3.89. The molecule has 1 aromatic heterocycles. The smallest absolute Gasteiger partial charge is 0.348 e. The van der Waals surface area contributed by atoms with Crippen molar-refractivity contribution in [3.05, 3.63) is 21.9 Å². The zero-order valence-corrected chi connectivity index (χ0v) is 10.3. The second-order valence-electron chi connectivity index (χ2n) is 4.35. The molecule has 1 aliphatic carbocycles. The van der Waals surface area contributed by atoms with Gasteiger partial charge in [0.1, 0.15) is 4.88 Å². The van der Waals surface area contributed by atoms with Crippen LogP contribution in [0.25, 0.3) is 0 Å². The minimum absolute atomic E-state index is 0.122. The van der Waals surface area contributed by atoms with Gasteiger partial charge < -0.3 is 10.5 Å². The van der Waals surface area contributed by atoms with E-state index in [1.807, 2.05) is 12.1 Å². The molecule has 0 radical (unpaired) electrons. The molecule has 4 heteroatoms. The summed E-state index contributed by atoms with van der Waals surface area (Å²) in [5.41, 5.74) is 6.03. The Labute approximate surface area is 99.6 Å². The number of ether oxygens (including phenoxy) is 1. The summed E-state index contributed by atoms with van der Waals surface area (Å²) in [6.45, 7) is 0.675. The van der Waals surface area contributed by atoms with Crippen LogP contribution in [0.1, 0.15) is 40.2 Å². The second-order valence-corrected chi connectivity index (χ2v) is 5.43. The Hall–Kier alpha value is -0.870. The topological polar surface area (TPSA) is 52.3 Å². The second kappa shape index (κ2) is 4.55. The van der Waals surface area contributed by atoms with E-state index in [0.717, 1.165) is 12.8 Å². The average Bonchev–Trinajstić information content (AvgIpc) is 2.96. The lowest BCUT2D eigenvalue weighted by atomic mass is 9.85. The Kier molecular flexibility index (Phi) is 3.30. The van der Waals surface area contributed by atoms with Crippen LogP contribution in [0, 0.1) is 0 Å². The minimum atomic E-state index is -0.249. The highest BCUT2D eigenvalue weighted by Crippen LogP contribution is 2.43. The van der Waals surface area contributed by atoms with Crippen molar-refractivity contribution in [2.75, 3.05) is 13.7 Å². The monoisotopic (exact) mass is 239 g/mol. The van der Waals surface area contributed by atoms with Crippen molar-refractivity contribution < 1.29 is 9.53 Å². The first-order valence-electron chi connectivity index (χ1n) is 5.60. The third kappa shape index (κ3) is 1.87. The van der Waals surface area contributed by atoms with Gasteiger partial charge in [-0.15, -0.1) is 11.3 Å². The van der Waals surface area contributed by atoms with E-state index in [4.69, 9.17) is 10.5 Å². The van der Waals surface area contributed by atoms with Crippen LogP contribution in [0.3, 0.4) is 0 Å². The van der Waals surface area contributed by atoms with Crippen molar-refractivity contribution >= 4 is 17.3 Å². The molecule has 2 rings (SSSR count). The van der Waals surface area contributed by atoms with Crippen molar-refractivity contribution in [1.29, 1.82) is 0 Å². The van der Waals surface area contributed by atoms with Gasteiger partial charge in [0.05, 0.1) is 7.11 Å². The van der Waals surface area contributed by atoms with Gasteiger partial charge in [-0.25, -0.2) is 4.79 Å². The third-order valence-electron chi connectivity index (χ3n) is 3.47. The molecule has 88 valence electrons. The van der Waals surface area contributed by atoms with Gasteiger partial charge in [-0.3, -0.25) is 0 Å². The first-order chi connectivity index (χ1) is 7.72. The van der Waals surface area contributed by atoms with Gasteiger partial charge in [0, 0.05) is 16.8 Å². The van der Waals surface area contributed by atoms with Crippen LogP contribution in [-0.4, -0.2) is 19.6 Å². The lowest BCUT2D eigenvalue weighted by Crippen LogP contribution is -2.30. The number of carbonyl (C=O) groups excluding carboxylic acids is 1. The molecule has 0 amide bonds. The standard InChI is InChI=1S/C12H17NO2S/c1-15-11(14)9-4-5-10(16-9)12(8-13)6-2-3-7-12/h4-5H,2-3,6-8,13H2,1H3. The zero-order chi connectivity index (χ0) is 11.6. The number of methoxy groups -OCH3 is 1. The number of hydrogen-bond donors (Lipinski definition) is 1. The summed E-state index contributed by atoms with van der Waals surface area (Å²) in [4.78, 5) is 13.3. The van der Waals surface area contributed by atoms with Gasteiger partial charge in [-0.2, -0.15) is 0 Å². The molecule has 1 aromatic rings. The highest BCUT2D eigenvalue weighted by atomic mass is 32.1. The molecule has 0 spiro atoms. The van der Waals surface area contributed by atoms with Gasteiger partial charge in [0.25, 0.3) is 0 Å². The van der Waals surface area contributed by atoms with Gasteiger partial charge in [-0.05, 0) is 25.0 Å². The Morgan fingerprint density at radius 2 is 2.19 bits per heavy atom. The molecule has 1 fully saturated rings. The van der Waals surface area contributed by atoms with E-state index in [0.29, 0.717) is 11.4 Å². The highest BCUT2D eigenvalue weighted by molar-refractivity contribution is 7.14. The summed E-state index contributed by atoms with van der Waals surface area (Å²) in [5.74, 6) is -0.249. The molecule has 0 bridgehead atoms. The Bertz CT molecular complexity index is 380. The van der Waals surface area contributed by atoms with Gasteiger partial charge in [0.2, 0.25) is 0 Å². The number of nitrogens with two attached hydrogens (primary N) is 1. The summed E-state index contributed by atoms with van der Waals surface area (Å²) >= 11 is 1.53. The van der Waals surface area contributed by atoms with E-state index in [1.165, 1.54) is 36.2 Å². The number of thiophene rings is 1. The molecular weight excluding hydrogens is 222 g/mol. The first kappa shape index (κ1) is 11.6. The van der Waals surface area contributed by atoms with E-state index in [2.05, 4.69) is 0 Å². The lowest BCUT2D eigenvalue weighted by Gasteiger charge is -2.25. The Balaban J connectivity index is 2.26. The normalized spacial score (nSPS) is 18.6. The molecule has 0 saturated heterocycles. The molecule has 0 aromatic carbocycles. The molecule has 0 atom stereocenters. The molecule has 16 heavy (non-hydrogen) atoms. The summed E-state index contributed by atoms with van der Waals surface area (Å²) in [7, 11) is 1.41. The molecule has 2 N–H and O–H groups in total. The number of rotatable bonds is 3. The third-order valence-corrected chi connectivity index (χ3v) is 4.78. The summed E-state index contributed by atoms with van der Waals surface area (Å²) < 4.78 is 4.72. The molecule has 0 aliphatic heterocycles. The zero-order valence-electron chi connectivity index (χ0n) is 9.49. The van der Waals surface area contributed by atoms with Crippen LogP contribution >= 0.6 is 11.3 Å². The van der Waals surface area contributed by atoms with Crippen molar-refractivity contribution in [3.8, 4) is 0 Å². The Morgan fingerprint density at radius 1 is 1.50 bits per heavy atom. The maximum absolute atomic E-state index is 11.4. The van der Waals surface area contributed by atoms with Crippen LogP contribution in [-0.2, 0) is 10.2 Å². The van der Waals surface area contributed by atoms with Crippen molar-refractivity contribution in [1.82, 2.24) is 0 Å². The minimum Gasteiger partial charge on any atom is -0.465 e.